The van der Waals surface area contributed by atoms with Crippen molar-refractivity contribution in [2.75, 3.05) is 6.54 Å². The quantitative estimate of drug-likeness (QED) is 0.0241. The minimum atomic E-state index is 0. The van der Waals surface area contributed by atoms with Crippen LogP contribution in [0.1, 0.15) is 212 Å². The van der Waals surface area contributed by atoms with Crippen LogP contribution in [0.25, 0.3) is 0 Å². The number of aliphatic imine (C=N–C) groups is 1. The van der Waals surface area contributed by atoms with Gasteiger partial charge in [-0.05, 0) is 44.3 Å². The van der Waals surface area contributed by atoms with Gasteiger partial charge in [-0.3, -0.25) is 0 Å². The Bertz CT molecular complexity index is 514. The van der Waals surface area contributed by atoms with Crippen molar-refractivity contribution in [2.24, 2.45) is 4.99 Å². The molecular formula is C37H71NNaS. The molecule has 0 aliphatic heterocycles. The van der Waals surface area contributed by atoms with E-state index in [0.29, 0.717) is 0 Å². The van der Waals surface area contributed by atoms with Gasteiger partial charge in [-0.25, -0.2) is 4.99 Å². The fraction of sp³-hybridized carbons (Fsp3) is 0.919. The van der Waals surface area contributed by atoms with Gasteiger partial charge in [0.1, 0.15) is 0 Å². The summed E-state index contributed by atoms with van der Waals surface area (Å²) in [5.41, 5.74) is 0. The smallest absolute Gasteiger partial charge is 0.0584 e. The molecule has 0 atom stereocenters. The summed E-state index contributed by atoms with van der Waals surface area (Å²) in [7, 11) is 0. The van der Waals surface area contributed by atoms with Crippen LogP contribution in [0.5, 0.6) is 0 Å². The molecule has 0 unspecified atom stereocenters. The fourth-order valence-corrected chi connectivity index (χ4v) is 5.76. The van der Waals surface area contributed by atoms with E-state index in [0.717, 1.165) is 6.54 Å². The largest absolute Gasteiger partial charge is 0.233 e. The number of nitrogens with zero attached hydrogens (tertiary/aromatic N) is 1. The summed E-state index contributed by atoms with van der Waals surface area (Å²) in [6.45, 7) is 3.17. The van der Waals surface area contributed by atoms with E-state index in [1.54, 1.807) is 0 Å². The second-order valence-corrected chi connectivity index (χ2v) is 12.5. The molecule has 0 saturated heterocycles. The molecule has 1 radical (unpaired) electrons. The van der Waals surface area contributed by atoms with Gasteiger partial charge < -0.3 is 0 Å². The first-order valence-corrected chi connectivity index (χ1v) is 18.5. The molecule has 0 amide bonds. The molecule has 0 aromatic heterocycles. The Morgan fingerprint density at radius 3 is 0.925 bits per heavy atom. The summed E-state index contributed by atoms with van der Waals surface area (Å²) in [6, 6.07) is 0. The van der Waals surface area contributed by atoms with E-state index in [-0.39, 0.29) is 29.6 Å². The number of allylic oxidation sites excluding steroid dienone is 2. The molecule has 0 saturated carbocycles. The Kier molecular flexibility index (Phi) is 44.5. The number of rotatable bonds is 34. The van der Waals surface area contributed by atoms with Crippen LogP contribution in [0.3, 0.4) is 0 Å². The van der Waals surface area contributed by atoms with E-state index in [1.807, 2.05) is 0 Å². The maximum Gasteiger partial charge on any atom is 0.0584 e. The molecule has 0 fully saturated rings. The SMILES string of the molecule is CCCCCCCCC=CCCCCCCCCCCCCCCCCCCCCCCCCCCN=C=S.[Na]. The van der Waals surface area contributed by atoms with E-state index in [1.165, 1.54) is 205 Å². The molecule has 0 spiro atoms. The molecule has 40 heavy (non-hydrogen) atoms. The third-order valence-corrected chi connectivity index (χ3v) is 8.48. The Hall–Kier alpha value is 0.540. The second-order valence-electron chi connectivity index (χ2n) is 12.3. The summed E-state index contributed by atoms with van der Waals surface area (Å²) >= 11 is 4.59. The van der Waals surface area contributed by atoms with Crippen LogP contribution in [0.2, 0.25) is 0 Å². The summed E-state index contributed by atoms with van der Waals surface area (Å²) < 4.78 is 0. The standard InChI is InChI=1S/C37H71NS.Na/c1-2-3-4-5-6-7-8-9-10-11-12-13-14-15-16-17-18-19-20-21-22-23-24-25-26-27-28-29-30-31-32-33-34-35-36-38-37-39;/h9-10H,2-8,11-36H2,1H3;. The normalized spacial score (nSPS) is 11.1. The van der Waals surface area contributed by atoms with Gasteiger partial charge in [-0.15, -0.1) is 0 Å². The first kappa shape index (κ1) is 42.7. The minimum absolute atomic E-state index is 0. The van der Waals surface area contributed by atoms with Gasteiger partial charge in [-0.1, -0.05) is 192 Å². The van der Waals surface area contributed by atoms with Crippen molar-refractivity contribution in [1.82, 2.24) is 0 Å². The number of hydrogen-bond donors (Lipinski definition) is 0. The first-order valence-electron chi connectivity index (χ1n) is 18.1. The Morgan fingerprint density at radius 2 is 0.650 bits per heavy atom. The van der Waals surface area contributed by atoms with Crippen LogP contribution in [-0.4, -0.2) is 41.3 Å². The predicted octanol–water partition coefficient (Wildman–Crippen LogP) is 13.8. The average molecular weight is 585 g/mol. The van der Waals surface area contributed by atoms with Crippen LogP contribution in [0, 0.1) is 0 Å². The monoisotopic (exact) mass is 585 g/mol. The zero-order valence-corrected chi connectivity index (χ0v) is 30.7. The number of unbranched alkanes of at least 4 members (excludes halogenated alkanes) is 30. The third-order valence-electron chi connectivity index (χ3n) is 8.35. The van der Waals surface area contributed by atoms with Gasteiger partial charge in [0.2, 0.25) is 0 Å². The maximum atomic E-state index is 4.59. The molecule has 0 aromatic rings. The van der Waals surface area contributed by atoms with Gasteiger partial charge >= 0.3 is 0 Å². The van der Waals surface area contributed by atoms with E-state index in [2.05, 4.69) is 41.4 Å². The second kappa shape index (κ2) is 41.7. The summed E-state index contributed by atoms with van der Waals surface area (Å²) in [5, 5.41) is 2.45. The third kappa shape index (κ3) is 40.7. The van der Waals surface area contributed by atoms with E-state index in [4.69, 9.17) is 0 Å². The Morgan fingerprint density at radius 1 is 0.400 bits per heavy atom. The summed E-state index contributed by atoms with van der Waals surface area (Å²) in [5.74, 6) is 0. The van der Waals surface area contributed by atoms with Crippen LogP contribution >= 0.6 is 12.2 Å². The fourth-order valence-electron chi connectivity index (χ4n) is 5.67. The molecule has 0 aliphatic carbocycles. The zero-order valence-electron chi connectivity index (χ0n) is 27.8. The maximum absolute atomic E-state index is 4.59. The van der Waals surface area contributed by atoms with Gasteiger partial charge in [-0.2, -0.15) is 0 Å². The van der Waals surface area contributed by atoms with Gasteiger partial charge in [0, 0.05) is 36.1 Å². The van der Waals surface area contributed by atoms with Crippen molar-refractivity contribution >= 4 is 46.9 Å². The van der Waals surface area contributed by atoms with Crippen molar-refractivity contribution < 1.29 is 0 Å². The van der Waals surface area contributed by atoms with Crippen molar-refractivity contribution in [3.8, 4) is 0 Å². The average Bonchev–Trinajstić information content (AvgIpc) is 2.95. The number of hydrogen-bond acceptors (Lipinski definition) is 2. The van der Waals surface area contributed by atoms with E-state index >= 15 is 0 Å². The number of isothiocyanates is 1. The van der Waals surface area contributed by atoms with Crippen LogP contribution < -0.4 is 0 Å². The van der Waals surface area contributed by atoms with E-state index < -0.39 is 0 Å². The van der Waals surface area contributed by atoms with Crippen molar-refractivity contribution in [1.29, 1.82) is 0 Å². The Labute approximate surface area is 281 Å². The molecule has 0 bridgehead atoms. The molecule has 0 rings (SSSR count). The van der Waals surface area contributed by atoms with Crippen LogP contribution in [0.15, 0.2) is 17.1 Å². The molecule has 0 heterocycles. The molecular weight excluding hydrogens is 513 g/mol. The topological polar surface area (TPSA) is 12.4 Å². The van der Waals surface area contributed by atoms with Gasteiger partial charge in [0.05, 0.1) is 5.16 Å². The predicted molar refractivity (Wildman–Crippen MR) is 188 cm³/mol. The van der Waals surface area contributed by atoms with E-state index in [9.17, 15) is 0 Å². The first-order chi connectivity index (χ1) is 19.4. The molecule has 0 N–H and O–H groups in total. The Balaban J connectivity index is 0. The van der Waals surface area contributed by atoms with Crippen LogP contribution in [0.4, 0.5) is 0 Å². The number of thiocarbonyl (C=S) groups is 1. The van der Waals surface area contributed by atoms with Crippen molar-refractivity contribution in [2.45, 2.75) is 212 Å². The zero-order chi connectivity index (χ0) is 28.2. The van der Waals surface area contributed by atoms with Crippen molar-refractivity contribution in [3.63, 3.8) is 0 Å². The van der Waals surface area contributed by atoms with Gasteiger partial charge in [0.15, 0.2) is 0 Å². The van der Waals surface area contributed by atoms with Crippen LogP contribution in [-0.2, 0) is 0 Å². The van der Waals surface area contributed by atoms with Gasteiger partial charge in [0.25, 0.3) is 0 Å². The minimum Gasteiger partial charge on any atom is -0.233 e. The molecule has 231 valence electrons. The summed E-state index contributed by atoms with van der Waals surface area (Å²) in [4.78, 5) is 3.98. The summed E-state index contributed by atoms with van der Waals surface area (Å²) in [6.07, 6.45) is 50.5. The molecule has 0 aromatic carbocycles. The molecule has 3 heteroatoms. The van der Waals surface area contributed by atoms with Crippen molar-refractivity contribution in [3.05, 3.63) is 12.2 Å². The molecule has 0 aliphatic rings. The molecule has 1 nitrogen and oxygen atoms in total.